The van der Waals surface area contributed by atoms with Gasteiger partial charge in [-0.2, -0.15) is 0 Å². The van der Waals surface area contributed by atoms with Crippen LogP contribution in [-0.2, 0) is 7.05 Å². The second-order valence-corrected chi connectivity index (χ2v) is 2.80. The number of rotatable bonds is 0. The average molecular weight is 186 g/mol. The monoisotopic (exact) mass is 185 g/mol. The van der Waals surface area contributed by atoms with Crippen molar-refractivity contribution in [2.24, 2.45) is 7.05 Å². The first-order chi connectivity index (χ1) is 5.68. The van der Waals surface area contributed by atoms with Crippen molar-refractivity contribution in [2.75, 3.05) is 0 Å². The number of nitrogens with zero attached hydrogens (tertiary/aromatic N) is 3. The van der Waals surface area contributed by atoms with E-state index in [1.165, 1.54) is 4.68 Å². The predicted octanol–water partition coefficient (Wildman–Crippen LogP) is 0.469. The van der Waals surface area contributed by atoms with E-state index >= 15 is 0 Å². The highest BCUT2D eigenvalue weighted by molar-refractivity contribution is 6.29. The molecule has 0 bridgehead atoms. The van der Waals surface area contributed by atoms with E-state index in [1.54, 1.807) is 19.2 Å². The van der Waals surface area contributed by atoms with Crippen molar-refractivity contribution in [3.63, 3.8) is 0 Å². The fourth-order valence-electron chi connectivity index (χ4n) is 1.02. The first kappa shape index (κ1) is 7.30. The Bertz CT molecular complexity index is 486. The highest BCUT2D eigenvalue weighted by Gasteiger charge is 2.10. The third-order valence-corrected chi connectivity index (χ3v) is 1.85. The van der Waals surface area contributed by atoms with Crippen molar-refractivity contribution in [3.05, 3.63) is 22.2 Å². The minimum Gasteiger partial charge on any atom is -0.211 e. The minimum atomic E-state index is 0.373. The number of H-pyrrole nitrogens is 1. The topological polar surface area (TPSA) is 56.6 Å². The number of halogens is 1. The van der Waals surface area contributed by atoms with Crippen LogP contribution in [0.4, 0.5) is 0 Å². The Hall–Kier alpha value is -1.36. The van der Waals surface area contributed by atoms with Crippen LogP contribution >= 0.6 is 11.6 Å². The van der Waals surface area contributed by atoms with E-state index in [0.717, 1.165) is 0 Å². The number of fused-ring (bicyclic) bond motifs is 1. The first-order valence-corrected chi connectivity index (χ1v) is 3.70. The number of hydrogen-bond donors (Lipinski definition) is 1. The molecule has 0 unspecified atom stereocenters. The Morgan fingerprint density at radius 1 is 1.67 bits per heavy atom. The molecule has 0 aliphatic heterocycles. The van der Waals surface area contributed by atoms with Crippen LogP contribution in [0.2, 0.25) is 5.15 Å². The van der Waals surface area contributed by atoms with E-state index in [9.17, 15) is 4.91 Å². The Labute approximate surface area is 72.2 Å². The van der Waals surface area contributed by atoms with Gasteiger partial charge >= 0.3 is 0 Å². The van der Waals surface area contributed by atoms with Crippen LogP contribution in [-0.4, -0.2) is 14.8 Å². The zero-order chi connectivity index (χ0) is 8.72. The summed E-state index contributed by atoms with van der Waals surface area (Å²) in [6.45, 7) is 0. The lowest BCUT2D eigenvalue weighted by Crippen LogP contribution is -2.26. The molecule has 0 aromatic carbocycles. The van der Waals surface area contributed by atoms with E-state index in [1.807, 2.05) is 0 Å². The Morgan fingerprint density at radius 2 is 2.42 bits per heavy atom. The van der Waals surface area contributed by atoms with E-state index < -0.39 is 0 Å². The summed E-state index contributed by atoms with van der Waals surface area (Å²) in [5.41, 5.74) is 1.20. The molecule has 1 N–H and O–H groups in total. The second kappa shape index (κ2) is 2.31. The highest BCUT2D eigenvalue weighted by atomic mass is 35.5. The number of pyridine rings is 1. The van der Waals surface area contributed by atoms with Gasteiger partial charge in [0, 0.05) is 0 Å². The summed E-state index contributed by atoms with van der Waals surface area (Å²) in [5, 5.41) is 2.93. The van der Waals surface area contributed by atoms with Crippen LogP contribution in [0.5, 0.6) is 0 Å². The van der Waals surface area contributed by atoms with Gasteiger partial charge in [-0.3, -0.25) is 0 Å². The van der Waals surface area contributed by atoms with E-state index in [2.05, 4.69) is 10.1 Å². The van der Waals surface area contributed by atoms with Crippen LogP contribution in [0, 0.1) is 4.91 Å². The molecule has 2 aromatic rings. The standard InChI is InChI=1S/C6H6ClN4O/c1-10-6-4(9-11(10)12)2-3-5(7)8-6/h2-3H,1H3,(H,9,12)/q+1. The van der Waals surface area contributed by atoms with E-state index in [4.69, 9.17) is 11.6 Å². The summed E-state index contributed by atoms with van der Waals surface area (Å²) in [7, 11) is 1.61. The van der Waals surface area contributed by atoms with E-state index in [0.29, 0.717) is 21.0 Å². The lowest BCUT2D eigenvalue weighted by Gasteiger charge is -1.86. The molecule has 2 heterocycles. The molecule has 0 saturated heterocycles. The van der Waals surface area contributed by atoms with Gasteiger partial charge in [0.15, 0.2) is 5.52 Å². The molecular weight excluding hydrogens is 180 g/mol. The van der Waals surface area contributed by atoms with Crippen LogP contribution in [0.1, 0.15) is 0 Å². The lowest BCUT2D eigenvalue weighted by molar-refractivity contribution is -0.646. The molecule has 0 aliphatic carbocycles. The molecule has 0 aliphatic rings. The summed E-state index contributed by atoms with van der Waals surface area (Å²) >= 11 is 5.65. The fraction of sp³-hybridized carbons (Fsp3) is 0.167. The highest BCUT2D eigenvalue weighted by Crippen LogP contribution is 2.09. The van der Waals surface area contributed by atoms with Gasteiger partial charge in [0.2, 0.25) is 5.65 Å². The van der Waals surface area contributed by atoms with Crippen molar-refractivity contribution < 1.29 is 4.66 Å². The van der Waals surface area contributed by atoms with Gasteiger partial charge in [-0.05, 0) is 12.1 Å². The molecule has 0 amide bonds. The van der Waals surface area contributed by atoms with Crippen LogP contribution in [0.3, 0.4) is 0 Å². The summed E-state index contributed by atoms with van der Waals surface area (Å²) in [4.78, 5) is 15.0. The van der Waals surface area contributed by atoms with Crippen molar-refractivity contribution in [3.8, 4) is 0 Å². The van der Waals surface area contributed by atoms with Crippen LogP contribution in [0.15, 0.2) is 12.1 Å². The Kier molecular flexibility index (Phi) is 1.41. The third-order valence-electron chi connectivity index (χ3n) is 1.64. The maximum absolute atomic E-state index is 11.0. The van der Waals surface area contributed by atoms with Crippen molar-refractivity contribution >= 4 is 22.8 Å². The number of aromatic nitrogens is 4. The number of hydrogen-bond acceptors (Lipinski definition) is 2. The zero-order valence-electron chi connectivity index (χ0n) is 6.28. The molecule has 5 nitrogen and oxygen atoms in total. The van der Waals surface area contributed by atoms with Crippen molar-refractivity contribution in [1.29, 1.82) is 0 Å². The molecule has 0 spiro atoms. The van der Waals surface area contributed by atoms with E-state index in [-0.39, 0.29) is 0 Å². The van der Waals surface area contributed by atoms with Crippen molar-refractivity contribution in [2.45, 2.75) is 0 Å². The second-order valence-electron chi connectivity index (χ2n) is 2.41. The molecule has 62 valence electrons. The fourth-order valence-corrected chi connectivity index (χ4v) is 1.17. The number of aryl methyl sites for hydroxylation is 1. The summed E-state index contributed by atoms with van der Waals surface area (Å²) in [6.07, 6.45) is 0. The largest absolute Gasteiger partial charge is 0.259 e. The molecule has 12 heavy (non-hydrogen) atoms. The lowest BCUT2D eigenvalue weighted by atomic mass is 10.4. The normalized spacial score (nSPS) is 10.8. The molecular formula is C6H6ClN4O+. The maximum atomic E-state index is 11.0. The summed E-state index contributed by atoms with van der Waals surface area (Å²) < 4.78 is 1.93. The third kappa shape index (κ3) is 0.902. The van der Waals surface area contributed by atoms with Gasteiger partial charge in [-0.25, -0.2) is 4.98 Å². The number of aromatic amines is 1. The minimum absolute atomic E-state index is 0.373. The molecule has 2 aromatic heterocycles. The van der Waals surface area contributed by atoms with Gasteiger partial charge in [-0.1, -0.05) is 21.4 Å². The van der Waals surface area contributed by atoms with Gasteiger partial charge in [-0.15, -0.1) is 0 Å². The zero-order valence-corrected chi connectivity index (χ0v) is 7.04. The van der Waals surface area contributed by atoms with Crippen LogP contribution in [0.25, 0.3) is 11.2 Å². The molecule has 0 radical (unpaired) electrons. The average Bonchev–Trinajstić information content (AvgIpc) is 2.31. The molecule has 0 atom stereocenters. The van der Waals surface area contributed by atoms with Gasteiger partial charge in [0.1, 0.15) is 5.15 Å². The Morgan fingerprint density at radius 3 is 3.17 bits per heavy atom. The molecule has 6 heteroatoms. The smallest absolute Gasteiger partial charge is 0.211 e. The SMILES string of the molecule is Cn1c2nc(Cl)ccc2[nH][n+]1=O. The number of nitrogens with one attached hydrogen (secondary N) is 1. The summed E-state index contributed by atoms with van der Waals surface area (Å²) in [5.74, 6) is 0. The predicted molar refractivity (Wildman–Crippen MR) is 43.4 cm³/mol. The first-order valence-electron chi connectivity index (χ1n) is 3.32. The quantitative estimate of drug-likeness (QED) is 0.479. The summed E-state index contributed by atoms with van der Waals surface area (Å²) in [6, 6.07) is 3.33. The van der Waals surface area contributed by atoms with Gasteiger partial charge < -0.3 is 0 Å². The maximum Gasteiger partial charge on any atom is 0.259 e. The van der Waals surface area contributed by atoms with Crippen LogP contribution < -0.4 is 4.66 Å². The van der Waals surface area contributed by atoms with Crippen molar-refractivity contribution in [1.82, 2.24) is 14.8 Å². The molecule has 2 rings (SSSR count). The Balaban J connectivity index is 2.98. The van der Waals surface area contributed by atoms with Gasteiger partial charge in [0.25, 0.3) is 4.66 Å². The molecule has 0 fully saturated rings. The molecule has 0 saturated carbocycles. The van der Waals surface area contributed by atoms with Gasteiger partial charge in [0.05, 0.1) is 12.0 Å².